The topological polar surface area (TPSA) is 80.8 Å². The van der Waals surface area contributed by atoms with Crippen molar-refractivity contribution in [3.05, 3.63) is 98.0 Å². The van der Waals surface area contributed by atoms with Crippen LogP contribution in [0.5, 0.6) is 5.75 Å². The zero-order valence-corrected chi connectivity index (χ0v) is 21.2. The fourth-order valence-electron chi connectivity index (χ4n) is 3.06. The van der Waals surface area contributed by atoms with E-state index in [4.69, 9.17) is 4.18 Å². The van der Waals surface area contributed by atoms with E-state index in [1.54, 1.807) is 30.3 Å². The second-order valence-electron chi connectivity index (χ2n) is 7.31. The zero-order valence-electron chi connectivity index (χ0n) is 17.4. The van der Waals surface area contributed by atoms with Crippen molar-refractivity contribution in [2.45, 2.75) is 18.4 Å². The molecule has 1 fully saturated rings. The highest BCUT2D eigenvalue weighted by atomic mass is 127. The zero-order chi connectivity index (χ0) is 23.6. The summed E-state index contributed by atoms with van der Waals surface area (Å²) in [6.07, 6.45) is 1.61. The lowest BCUT2D eigenvalue weighted by atomic mass is 10.2. The van der Waals surface area contributed by atoms with Gasteiger partial charge >= 0.3 is 10.1 Å². The van der Waals surface area contributed by atoms with E-state index in [2.05, 4.69) is 22.6 Å². The van der Waals surface area contributed by atoms with Gasteiger partial charge < -0.3 is 4.18 Å². The summed E-state index contributed by atoms with van der Waals surface area (Å²) < 4.78 is 31.1. The van der Waals surface area contributed by atoms with Crippen molar-refractivity contribution >= 4 is 61.7 Å². The third kappa shape index (κ3) is 5.66. The number of amides is 2. The van der Waals surface area contributed by atoms with Gasteiger partial charge in [-0.1, -0.05) is 42.0 Å². The Bertz CT molecular complexity index is 1330. The Morgan fingerprint density at radius 2 is 1.58 bits per heavy atom. The lowest BCUT2D eigenvalue weighted by Crippen LogP contribution is -2.27. The fraction of sp³-hybridized carbons (Fsp3) is 0.0833. The smallest absolute Gasteiger partial charge is 0.339 e. The van der Waals surface area contributed by atoms with Crippen molar-refractivity contribution in [2.75, 3.05) is 0 Å². The molecule has 0 aliphatic carbocycles. The van der Waals surface area contributed by atoms with E-state index < -0.39 is 10.1 Å². The maximum atomic E-state index is 12.7. The molecule has 1 aliphatic rings. The summed E-state index contributed by atoms with van der Waals surface area (Å²) in [4.78, 5) is 26.7. The Hall–Kier alpha value is -2.63. The maximum absolute atomic E-state index is 12.7. The van der Waals surface area contributed by atoms with Crippen LogP contribution >= 0.6 is 34.4 Å². The summed E-state index contributed by atoms with van der Waals surface area (Å²) in [5.41, 5.74) is 2.46. The molecule has 1 saturated heterocycles. The van der Waals surface area contributed by atoms with Gasteiger partial charge in [-0.3, -0.25) is 14.5 Å². The fourth-order valence-corrected chi connectivity index (χ4v) is 5.19. The third-order valence-electron chi connectivity index (χ3n) is 4.82. The molecule has 6 nitrogen and oxygen atoms in total. The predicted molar refractivity (Wildman–Crippen MR) is 136 cm³/mol. The summed E-state index contributed by atoms with van der Waals surface area (Å²) in [6, 6.07) is 20.3. The van der Waals surface area contributed by atoms with Crippen LogP contribution < -0.4 is 4.18 Å². The molecule has 0 aromatic heterocycles. The molecule has 0 saturated carbocycles. The molecule has 1 heterocycles. The van der Waals surface area contributed by atoms with E-state index in [1.165, 1.54) is 29.2 Å². The van der Waals surface area contributed by atoms with Gasteiger partial charge in [0.1, 0.15) is 10.6 Å². The van der Waals surface area contributed by atoms with Crippen molar-refractivity contribution in [3.8, 4) is 5.75 Å². The normalized spacial score (nSPS) is 15.3. The van der Waals surface area contributed by atoms with Crippen LogP contribution in [0.15, 0.2) is 82.6 Å². The van der Waals surface area contributed by atoms with Gasteiger partial charge in [-0.15, -0.1) is 0 Å². The van der Waals surface area contributed by atoms with Gasteiger partial charge in [-0.25, -0.2) is 0 Å². The summed E-state index contributed by atoms with van der Waals surface area (Å²) in [6.45, 7) is 2.08. The molecular weight excluding hydrogens is 573 g/mol. The van der Waals surface area contributed by atoms with Gasteiger partial charge in [0.15, 0.2) is 0 Å². The van der Waals surface area contributed by atoms with Crippen LogP contribution in [0.4, 0.5) is 4.79 Å². The first-order valence-electron chi connectivity index (χ1n) is 9.82. The maximum Gasteiger partial charge on any atom is 0.339 e. The first-order chi connectivity index (χ1) is 15.7. The molecule has 3 aromatic carbocycles. The second-order valence-corrected chi connectivity index (χ2v) is 11.1. The molecule has 0 spiro atoms. The van der Waals surface area contributed by atoms with Crippen molar-refractivity contribution < 1.29 is 22.2 Å². The van der Waals surface area contributed by atoms with E-state index >= 15 is 0 Å². The molecular formula is C24H18INO5S2. The Kier molecular flexibility index (Phi) is 6.91. The van der Waals surface area contributed by atoms with Crippen LogP contribution in [0.2, 0.25) is 0 Å². The third-order valence-corrected chi connectivity index (χ3v) is 7.71. The van der Waals surface area contributed by atoms with Crippen LogP contribution in [0.1, 0.15) is 16.7 Å². The minimum atomic E-state index is -3.95. The van der Waals surface area contributed by atoms with Gasteiger partial charge in [0.25, 0.3) is 11.1 Å². The summed E-state index contributed by atoms with van der Waals surface area (Å²) >= 11 is 3.08. The monoisotopic (exact) mass is 591 g/mol. The number of carbonyl (C=O) groups excluding carboxylic acids is 2. The number of nitrogens with zero attached hydrogens (tertiary/aromatic N) is 1. The van der Waals surface area contributed by atoms with Crippen LogP contribution in [0.3, 0.4) is 0 Å². The van der Waals surface area contributed by atoms with Gasteiger partial charge in [0.2, 0.25) is 0 Å². The Morgan fingerprint density at radius 1 is 0.939 bits per heavy atom. The highest BCUT2D eigenvalue weighted by Gasteiger charge is 2.34. The average molecular weight is 591 g/mol. The van der Waals surface area contributed by atoms with Gasteiger partial charge in [0.05, 0.1) is 11.4 Å². The largest absolute Gasteiger partial charge is 0.379 e. The molecule has 33 heavy (non-hydrogen) atoms. The van der Waals surface area contributed by atoms with Gasteiger partial charge in [0, 0.05) is 3.57 Å². The van der Waals surface area contributed by atoms with Gasteiger partial charge in [-0.05, 0) is 94.9 Å². The summed E-state index contributed by atoms with van der Waals surface area (Å²) in [5.74, 6) is -0.203. The highest BCUT2D eigenvalue weighted by molar-refractivity contribution is 14.1. The number of rotatable bonds is 6. The molecule has 0 N–H and O–H groups in total. The minimum absolute atomic E-state index is 0.0685. The molecule has 3 aromatic rings. The van der Waals surface area contributed by atoms with E-state index in [0.717, 1.165) is 26.5 Å². The predicted octanol–water partition coefficient (Wildman–Crippen LogP) is 5.60. The van der Waals surface area contributed by atoms with Crippen LogP contribution in [-0.2, 0) is 21.5 Å². The molecule has 1 aliphatic heterocycles. The van der Waals surface area contributed by atoms with Crippen molar-refractivity contribution in [3.63, 3.8) is 0 Å². The number of benzene rings is 3. The number of hydrogen-bond acceptors (Lipinski definition) is 6. The molecule has 0 radical (unpaired) electrons. The van der Waals surface area contributed by atoms with Crippen LogP contribution in [0.25, 0.3) is 6.08 Å². The number of halogens is 1. The molecule has 9 heteroatoms. The Labute approximate surface area is 209 Å². The van der Waals surface area contributed by atoms with Crippen LogP contribution in [-0.4, -0.2) is 24.5 Å². The molecule has 168 valence electrons. The molecule has 0 bridgehead atoms. The quantitative estimate of drug-likeness (QED) is 0.211. The van der Waals surface area contributed by atoms with E-state index in [9.17, 15) is 18.0 Å². The average Bonchev–Trinajstić information content (AvgIpc) is 3.04. The standard InChI is InChI=1S/C24H18INO5S2/c1-16-2-12-21(13-3-16)33(29,30)31-20-10-6-17(7-11-20)14-22-23(27)26(24(28)32-22)15-18-4-8-19(25)9-5-18/h2-14H,15H2,1H3/b22-14-. The second kappa shape index (κ2) is 9.70. The molecule has 0 unspecified atom stereocenters. The number of thioether (sulfide) groups is 1. The lowest BCUT2D eigenvalue weighted by molar-refractivity contribution is -0.123. The van der Waals surface area contributed by atoms with Crippen molar-refractivity contribution in [1.82, 2.24) is 4.90 Å². The molecule has 4 rings (SSSR count). The summed E-state index contributed by atoms with van der Waals surface area (Å²) in [5, 5.41) is -0.325. The van der Waals surface area contributed by atoms with Crippen molar-refractivity contribution in [2.24, 2.45) is 0 Å². The highest BCUT2D eigenvalue weighted by Crippen LogP contribution is 2.33. The van der Waals surface area contributed by atoms with E-state index in [0.29, 0.717) is 10.5 Å². The SMILES string of the molecule is Cc1ccc(S(=O)(=O)Oc2ccc(/C=C3\SC(=O)N(Cc4ccc(I)cc4)C3=O)cc2)cc1. The van der Waals surface area contributed by atoms with E-state index in [1.807, 2.05) is 31.2 Å². The number of carbonyl (C=O) groups is 2. The van der Waals surface area contributed by atoms with E-state index in [-0.39, 0.29) is 28.3 Å². The Balaban J connectivity index is 1.46. The number of aryl methyl sites for hydroxylation is 1. The first-order valence-corrected chi connectivity index (χ1v) is 13.1. The molecule has 2 amide bonds. The minimum Gasteiger partial charge on any atom is -0.379 e. The molecule has 0 atom stereocenters. The van der Waals surface area contributed by atoms with Crippen LogP contribution in [0, 0.1) is 10.5 Å². The van der Waals surface area contributed by atoms with Gasteiger partial charge in [-0.2, -0.15) is 8.42 Å². The summed E-state index contributed by atoms with van der Waals surface area (Å²) in [7, 11) is -3.95. The first kappa shape index (κ1) is 23.5. The van der Waals surface area contributed by atoms with Crippen molar-refractivity contribution in [1.29, 1.82) is 0 Å². The number of hydrogen-bond donors (Lipinski definition) is 0. The lowest BCUT2D eigenvalue weighted by Gasteiger charge is -2.12. The Morgan fingerprint density at radius 3 is 2.21 bits per heavy atom. The number of imide groups is 1.